The Kier molecular flexibility index (Phi) is 5.67. The van der Waals surface area contributed by atoms with Crippen molar-refractivity contribution in [2.45, 2.75) is 26.2 Å². The number of ether oxygens (including phenoxy) is 1. The lowest BCUT2D eigenvalue weighted by Gasteiger charge is -2.29. The largest absolute Gasteiger partial charge is 0.492 e. The molecule has 19 heavy (non-hydrogen) atoms. The van der Waals surface area contributed by atoms with E-state index in [1.807, 2.05) is 12.1 Å². The maximum absolute atomic E-state index is 5.80. The predicted molar refractivity (Wildman–Crippen MR) is 79.5 cm³/mol. The molecule has 106 valence electrons. The normalized spacial score (nSPS) is 17.6. The van der Waals surface area contributed by atoms with Crippen LogP contribution in [0.4, 0.5) is 0 Å². The molecule has 0 aliphatic carbocycles. The molecule has 0 saturated carbocycles. The second kappa shape index (κ2) is 7.51. The SMILES string of the molecule is CC1CCN(CCOc2ccc(CCN)cc2)CC1. The zero-order chi connectivity index (χ0) is 13.5. The molecule has 0 aromatic heterocycles. The number of nitrogens with two attached hydrogens (primary N) is 1. The summed E-state index contributed by atoms with van der Waals surface area (Å²) in [4.78, 5) is 2.50. The van der Waals surface area contributed by atoms with Gasteiger partial charge in [0.1, 0.15) is 12.4 Å². The first-order chi connectivity index (χ1) is 9.28. The van der Waals surface area contributed by atoms with E-state index in [-0.39, 0.29) is 0 Å². The number of piperidine rings is 1. The Morgan fingerprint density at radius 1 is 1.21 bits per heavy atom. The molecule has 0 atom stereocenters. The van der Waals surface area contributed by atoms with Crippen molar-refractivity contribution in [1.29, 1.82) is 0 Å². The van der Waals surface area contributed by atoms with Gasteiger partial charge in [0.2, 0.25) is 0 Å². The zero-order valence-electron chi connectivity index (χ0n) is 12.0. The van der Waals surface area contributed by atoms with Gasteiger partial charge in [0.05, 0.1) is 0 Å². The highest BCUT2D eigenvalue weighted by Crippen LogP contribution is 2.16. The van der Waals surface area contributed by atoms with Crippen molar-refractivity contribution in [3.63, 3.8) is 0 Å². The molecule has 1 aromatic carbocycles. The average Bonchev–Trinajstić information content (AvgIpc) is 2.43. The molecule has 3 nitrogen and oxygen atoms in total. The molecule has 1 heterocycles. The van der Waals surface area contributed by atoms with Crippen LogP contribution in [0, 0.1) is 5.92 Å². The molecular weight excluding hydrogens is 236 g/mol. The molecule has 1 aliphatic heterocycles. The van der Waals surface area contributed by atoms with Gasteiger partial charge in [-0.05, 0) is 62.5 Å². The van der Waals surface area contributed by atoms with Gasteiger partial charge in [0, 0.05) is 6.54 Å². The highest BCUT2D eigenvalue weighted by atomic mass is 16.5. The minimum atomic E-state index is 0.702. The monoisotopic (exact) mass is 262 g/mol. The standard InChI is InChI=1S/C16H26N2O/c1-14-7-10-18(11-8-14)12-13-19-16-4-2-15(3-5-16)6-9-17/h2-5,14H,6-13,17H2,1H3. The number of hydrogen-bond acceptors (Lipinski definition) is 3. The fourth-order valence-corrected chi connectivity index (χ4v) is 2.50. The summed E-state index contributed by atoms with van der Waals surface area (Å²) in [6.45, 7) is 7.31. The third-order valence-electron chi connectivity index (χ3n) is 3.91. The molecule has 1 aliphatic rings. The molecule has 0 bridgehead atoms. The Balaban J connectivity index is 1.67. The summed E-state index contributed by atoms with van der Waals surface area (Å²) in [5, 5.41) is 0. The number of likely N-dealkylation sites (tertiary alicyclic amines) is 1. The third kappa shape index (κ3) is 4.84. The van der Waals surface area contributed by atoms with Crippen molar-refractivity contribution in [3.8, 4) is 5.75 Å². The predicted octanol–water partition coefficient (Wildman–Crippen LogP) is 2.30. The van der Waals surface area contributed by atoms with Crippen LogP contribution in [0.1, 0.15) is 25.3 Å². The van der Waals surface area contributed by atoms with E-state index in [9.17, 15) is 0 Å². The van der Waals surface area contributed by atoms with E-state index in [4.69, 9.17) is 10.5 Å². The number of nitrogens with zero attached hydrogens (tertiary/aromatic N) is 1. The molecule has 0 amide bonds. The Hall–Kier alpha value is -1.06. The van der Waals surface area contributed by atoms with Gasteiger partial charge >= 0.3 is 0 Å². The van der Waals surface area contributed by atoms with Gasteiger partial charge in [-0.25, -0.2) is 0 Å². The van der Waals surface area contributed by atoms with Gasteiger partial charge in [-0.3, -0.25) is 4.90 Å². The lowest BCUT2D eigenvalue weighted by atomic mass is 9.99. The quantitative estimate of drug-likeness (QED) is 0.855. The van der Waals surface area contributed by atoms with E-state index in [0.29, 0.717) is 6.54 Å². The Bertz CT molecular complexity index is 356. The van der Waals surface area contributed by atoms with Gasteiger partial charge < -0.3 is 10.5 Å². The molecule has 1 saturated heterocycles. The van der Waals surface area contributed by atoms with Crippen LogP contribution < -0.4 is 10.5 Å². The maximum atomic E-state index is 5.80. The van der Waals surface area contributed by atoms with E-state index in [1.165, 1.54) is 31.5 Å². The van der Waals surface area contributed by atoms with Crippen LogP contribution in [-0.4, -0.2) is 37.7 Å². The summed E-state index contributed by atoms with van der Waals surface area (Å²) in [6.07, 6.45) is 3.59. The second-order valence-electron chi connectivity index (χ2n) is 5.56. The van der Waals surface area contributed by atoms with Crippen molar-refractivity contribution in [3.05, 3.63) is 29.8 Å². The first-order valence-electron chi connectivity index (χ1n) is 7.42. The van der Waals surface area contributed by atoms with E-state index in [2.05, 4.69) is 24.0 Å². The molecule has 0 spiro atoms. The van der Waals surface area contributed by atoms with E-state index < -0.39 is 0 Å². The third-order valence-corrected chi connectivity index (χ3v) is 3.91. The van der Waals surface area contributed by atoms with Crippen LogP contribution >= 0.6 is 0 Å². The Labute approximate surface area is 116 Å². The minimum Gasteiger partial charge on any atom is -0.492 e. The highest BCUT2D eigenvalue weighted by Gasteiger charge is 2.14. The second-order valence-corrected chi connectivity index (χ2v) is 5.56. The lowest BCUT2D eigenvalue weighted by molar-refractivity contribution is 0.160. The van der Waals surface area contributed by atoms with Crippen LogP contribution in [0.25, 0.3) is 0 Å². The number of hydrogen-bond donors (Lipinski definition) is 1. The van der Waals surface area contributed by atoms with Gasteiger partial charge in [-0.1, -0.05) is 19.1 Å². The van der Waals surface area contributed by atoms with Crippen LogP contribution in [0.3, 0.4) is 0 Å². The minimum absolute atomic E-state index is 0.702. The average molecular weight is 262 g/mol. The summed E-state index contributed by atoms with van der Waals surface area (Å²) in [5.74, 6) is 1.86. The van der Waals surface area contributed by atoms with Gasteiger partial charge in [0.25, 0.3) is 0 Å². The summed E-state index contributed by atoms with van der Waals surface area (Å²) >= 11 is 0. The topological polar surface area (TPSA) is 38.5 Å². The van der Waals surface area contributed by atoms with Crippen molar-refractivity contribution in [2.24, 2.45) is 11.7 Å². The van der Waals surface area contributed by atoms with E-state index in [0.717, 1.165) is 31.2 Å². The smallest absolute Gasteiger partial charge is 0.119 e. The van der Waals surface area contributed by atoms with Gasteiger partial charge in [0.15, 0.2) is 0 Å². The maximum Gasteiger partial charge on any atom is 0.119 e. The fraction of sp³-hybridized carbons (Fsp3) is 0.625. The first kappa shape index (κ1) is 14.4. The van der Waals surface area contributed by atoms with Crippen LogP contribution in [0.5, 0.6) is 5.75 Å². The van der Waals surface area contributed by atoms with E-state index in [1.54, 1.807) is 0 Å². The van der Waals surface area contributed by atoms with Gasteiger partial charge in [-0.2, -0.15) is 0 Å². The van der Waals surface area contributed by atoms with Gasteiger partial charge in [-0.15, -0.1) is 0 Å². The van der Waals surface area contributed by atoms with E-state index >= 15 is 0 Å². The summed E-state index contributed by atoms with van der Waals surface area (Å²) < 4.78 is 5.80. The molecule has 0 unspecified atom stereocenters. The van der Waals surface area contributed by atoms with Crippen LogP contribution in [0.15, 0.2) is 24.3 Å². The molecule has 0 radical (unpaired) electrons. The molecule has 2 rings (SSSR count). The van der Waals surface area contributed by atoms with Crippen molar-refractivity contribution in [2.75, 3.05) is 32.8 Å². The first-order valence-corrected chi connectivity index (χ1v) is 7.42. The summed E-state index contributed by atoms with van der Waals surface area (Å²) in [7, 11) is 0. The number of rotatable bonds is 6. The Morgan fingerprint density at radius 2 is 1.89 bits per heavy atom. The fourth-order valence-electron chi connectivity index (χ4n) is 2.50. The molecular formula is C16H26N2O. The summed E-state index contributed by atoms with van der Waals surface area (Å²) in [5.41, 5.74) is 6.81. The zero-order valence-corrected chi connectivity index (χ0v) is 12.0. The molecule has 3 heteroatoms. The van der Waals surface area contributed by atoms with Crippen molar-refractivity contribution in [1.82, 2.24) is 4.90 Å². The molecule has 2 N–H and O–H groups in total. The van der Waals surface area contributed by atoms with Crippen molar-refractivity contribution >= 4 is 0 Å². The highest BCUT2D eigenvalue weighted by molar-refractivity contribution is 5.27. The van der Waals surface area contributed by atoms with Crippen molar-refractivity contribution < 1.29 is 4.74 Å². The number of benzene rings is 1. The Morgan fingerprint density at radius 3 is 2.53 bits per heavy atom. The van der Waals surface area contributed by atoms with Crippen LogP contribution in [0.2, 0.25) is 0 Å². The lowest BCUT2D eigenvalue weighted by Crippen LogP contribution is -2.35. The molecule has 1 aromatic rings. The van der Waals surface area contributed by atoms with Crippen LogP contribution in [-0.2, 0) is 6.42 Å². The molecule has 1 fully saturated rings. The summed E-state index contributed by atoms with van der Waals surface area (Å²) in [6, 6.07) is 8.29.